The maximum absolute atomic E-state index is 11.7. The van der Waals surface area contributed by atoms with Gasteiger partial charge in [0.25, 0.3) is 0 Å². The van der Waals surface area contributed by atoms with E-state index >= 15 is 0 Å². The zero-order chi connectivity index (χ0) is 18.6. The number of allylic oxidation sites excluding steroid dienone is 1. The molecule has 1 aliphatic carbocycles. The van der Waals surface area contributed by atoms with Crippen LogP contribution in [-0.4, -0.2) is 23.4 Å². The molecule has 0 radical (unpaired) electrons. The number of ketones is 1. The fourth-order valence-corrected chi connectivity index (χ4v) is 3.93. The summed E-state index contributed by atoms with van der Waals surface area (Å²) in [5.74, 6) is 0.115. The Bertz CT molecular complexity index is 968. The Morgan fingerprint density at radius 2 is 2.04 bits per heavy atom. The second-order valence-electron chi connectivity index (χ2n) is 7.41. The lowest BCUT2D eigenvalue weighted by Gasteiger charge is -2.23. The van der Waals surface area contributed by atoms with Gasteiger partial charge in [0.15, 0.2) is 5.78 Å². The number of aromatic amines is 1. The smallest absolute Gasteiger partial charge is 0.159 e. The number of fused-ring (bicyclic) bond motifs is 1. The first-order valence-corrected chi connectivity index (χ1v) is 9.79. The molecule has 0 bridgehead atoms. The van der Waals surface area contributed by atoms with E-state index in [0.717, 1.165) is 48.7 Å². The molecule has 3 aromatic rings. The third-order valence-corrected chi connectivity index (χ3v) is 5.53. The van der Waals surface area contributed by atoms with Gasteiger partial charge in [-0.2, -0.15) is 0 Å². The number of H-pyrrole nitrogens is 1. The number of carbonyl (C=O) groups is 1. The topological polar surface area (TPSA) is 44.9 Å². The molecule has 2 N–H and O–H groups in total. The lowest BCUT2D eigenvalue weighted by Crippen LogP contribution is -2.31. The predicted octanol–water partition coefficient (Wildman–Crippen LogP) is 5.14. The van der Waals surface area contributed by atoms with Gasteiger partial charge in [-0.05, 0) is 68.5 Å². The summed E-state index contributed by atoms with van der Waals surface area (Å²) < 4.78 is 0. The number of hydrogen-bond acceptors (Lipinski definition) is 2. The molecule has 1 heterocycles. The van der Waals surface area contributed by atoms with Gasteiger partial charge in [0.2, 0.25) is 0 Å². The quantitative estimate of drug-likeness (QED) is 0.599. The number of nitrogens with one attached hydrogen (secondary N) is 2. The Labute approximate surface area is 160 Å². The van der Waals surface area contributed by atoms with Crippen LogP contribution in [0.3, 0.4) is 0 Å². The van der Waals surface area contributed by atoms with Crippen molar-refractivity contribution in [3.8, 4) is 0 Å². The van der Waals surface area contributed by atoms with Crippen molar-refractivity contribution in [3.63, 3.8) is 0 Å². The van der Waals surface area contributed by atoms with Gasteiger partial charge in [0, 0.05) is 34.3 Å². The summed E-state index contributed by atoms with van der Waals surface area (Å²) in [6.45, 7) is 2.64. The number of rotatable bonds is 6. The molecule has 1 unspecified atom stereocenters. The lowest BCUT2D eigenvalue weighted by atomic mass is 9.90. The van der Waals surface area contributed by atoms with Crippen LogP contribution in [0.2, 0.25) is 0 Å². The van der Waals surface area contributed by atoms with Crippen LogP contribution < -0.4 is 5.32 Å². The average molecular weight is 358 g/mol. The van der Waals surface area contributed by atoms with E-state index in [9.17, 15) is 4.79 Å². The molecule has 0 spiro atoms. The zero-order valence-corrected chi connectivity index (χ0v) is 15.8. The van der Waals surface area contributed by atoms with Crippen LogP contribution in [0.25, 0.3) is 16.5 Å². The van der Waals surface area contributed by atoms with E-state index in [1.54, 1.807) is 6.92 Å². The van der Waals surface area contributed by atoms with Crippen molar-refractivity contribution in [1.82, 2.24) is 10.3 Å². The highest BCUT2D eigenvalue weighted by atomic mass is 16.1. The standard InChI is InChI=1S/C24H26N2O/c1-17(27)20-9-12-24-22(15-20)23(16-26-24)19-7-10-21(11-8-19)25-14-13-18-5-3-2-4-6-18/h2-7,9,12,15-16,21,25-26H,8,10-11,13-14H2,1H3. The first-order chi connectivity index (χ1) is 13.2. The van der Waals surface area contributed by atoms with Crippen molar-refractivity contribution in [3.05, 3.63) is 77.5 Å². The molecule has 27 heavy (non-hydrogen) atoms. The van der Waals surface area contributed by atoms with E-state index in [-0.39, 0.29) is 5.78 Å². The summed E-state index contributed by atoms with van der Waals surface area (Å²) >= 11 is 0. The van der Waals surface area contributed by atoms with Crippen molar-refractivity contribution < 1.29 is 4.79 Å². The number of carbonyl (C=O) groups excluding carboxylic acids is 1. The van der Waals surface area contributed by atoms with Gasteiger partial charge in [-0.3, -0.25) is 4.79 Å². The molecule has 0 amide bonds. The third kappa shape index (κ3) is 4.04. The van der Waals surface area contributed by atoms with Gasteiger partial charge in [-0.1, -0.05) is 36.4 Å². The van der Waals surface area contributed by atoms with Crippen molar-refractivity contribution >= 4 is 22.3 Å². The highest BCUT2D eigenvalue weighted by Crippen LogP contribution is 2.32. The molecule has 0 aliphatic heterocycles. The van der Waals surface area contributed by atoms with E-state index < -0.39 is 0 Å². The van der Waals surface area contributed by atoms with Gasteiger partial charge in [0.1, 0.15) is 0 Å². The van der Waals surface area contributed by atoms with E-state index in [4.69, 9.17) is 0 Å². The molecule has 138 valence electrons. The van der Waals surface area contributed by atoms with Gasteiger partial charge in [-0.15, -0.1) is 0 Å². The van der Waals surface area contributed by atoms with Crippen LogP contribution in [0.1, 0.15) is 47.7 Å². The zero-order valence-electron chi connectivity index (χ0n) is 15.8. The van der Waals surface area contributed by atoms with E-state index in [0.29, 0.717) is 6.04 Å². The number of benzene rings is 2. The van der Waals surface area contributed by atoms with Crippen LogP contribution in [-0.2, 0) is 6.42 Å². The lowest BCUT2D eigenvalue weighted by molar-refractivity contribution is 0.101. The molecule has 0 saturated heterocycles. The van der Waals surface area contributed by atoms with Gasteiger partial charge < -0.3 is 10.3 Å². The van der Waals surface area contributed by atoms with Crippen LogP contribution in [0.15, 0.2) is 60.8 Å². The molecule has 3 nitrogen and oxygen atoms in total. The maximum Gasteiger partial charge on any atom is 0.159 e. The summed E-state index contributed by atoms with van der Waals surface area (Å²) in [7, 11) is 0. The summed E-state index contributed by atoms with van der Waals surface area (Å²) in [6, 6.07) is 17.1. The van der Waals surface area contributed by atoms with Crippen LogP contribution in [0.5, 0.6) is 0 Å². The number of hydrogen-bond donors (Lipinski definition) is 2. The summed E-state index contributed by atoms with van der Waals surface area (Å²) in [5, 5.41) is 4.86. The van der Waals surface area contributed by atoms with Gasteiger partial charge >= 0.3 is 0 Å². The predicted molar refractivity (Wildman–Crippen MR) is 112 cm³/mol. The highest BCUT2D eigenvalue weighted by Gasteiger charge is 2.17. The molecule has 2 aromatic carbocycles. The van der Waals surface area contributed by atoms with E-state index in [1.165, 1.54) is 16.7 Å². The number of aromatic nitrogens is 1. The molecule has 1 aliphatic rings. The molecule has 1 atom stereocenters. The van der Waals surface area contributed by atoms with E-state index in [2.05, 4.69) is 52.9 Å². The first-order valence-electron chi connectivity index (χ1n) is 9.79. The van der Waals surface area contributed by atoms with Crippen molar-refractivity contribution in [2.75, 3.05) is 6.54 Å². The highest BCUT2D eigenvalue weighted by molar-refractivity contribution is 6.01. The Morgan fingerprint density at radius 3 is 2.78 bits per heavy atom. The average Bonchev–Trinajstić information content (AvgIpc) is 3.12. The van der Waals surface area contributed by atoms with Crippen LogP contribution >= 0.6 is 0 Å². The third-order valence-electron chi connectivity index (χ3n) is 5.53. The van der Waals surface area contributed by atoms with Gasteiger partial charge in [0.05, 0.1) is 0 Å². The molecule has 0 saturated carbocycles. The van der Waals surface area contributed by atoms with E-state index in [1.807, 2.05) is 18.2 Å². The minimum absolute atomic E-state index is 0.115. The first kappa shape index (κ1) is 17.7. The molecular formula is C24H26N2O. The molecular weight excluding hydrogens is 332 g/mol. The van der Waals surface area contributed by atoms with Crippen molar-refractivity contribution in [1.29, 1.82) is 0 Å². The normalized spacial score (nSPS) is 17.1. The largest absolute Gasteiger partial charge is 0.361 e. The summed E-state index contributed by atoms with van der Waals surface area (Å²) in [5.41, 5.74) is 5.90. The SMILES string of the molecule is CC(=O)c1ccc2[nH]cc(C3=CCC(NCCc4ccccc4)CC3)c2c1. The Morgan fingerprint density at radius 1 is 1.19 bits per heavy atom. The summed E-state index contributed by atoms with van der Waals surface area (Å²) in [6.07, 6.45) is 8.81. The Hall–Kier alpha value is -2.65. The minimum atomic E-state index is 0.115. The second-order valence-corrected chi connectivity index (χ2v) is 7.41. The monoisotopic (exact) mass is 358 g/mol. The second kappa shape index (κ2) is 7.93. The molecule has 4 rings (SSSR count). The molecule has 3 heteroatoms. The Balaban J connectivity index is 1.41. The Kier molecular flexibility index (Phi) is 5.21. The fourth-order valence-electron chi connectivity index (χ4n) is 3.93. The van der Waals surface area contributed by atoms with Gasteiger partial charge in [-0.25, -0.2) is 0 Å². The van der Waals surface area contributed by atoms with Crippen LogP contribution in [0.4, 0.5) is 0 Å². The maximum atomic E-state index is 11.7. The minimum Gasteiger partial charge on any atom is -0.361 e. The molecule has 0 fully saturated rings. The van der Waals surface area contributed by atoms with Crippen molar-refractivity contribution in [2.45, 2.75) is 38.6 Å². The molecule has 1 aromatic heterocycles. The summed E-state index contributed by atoms with van der Waals surface area (Å²) in [4.78, 5) is 15.1. The number of Topliss-reactive ketones (excluding diaryl/α,β-unsaturated/α-hetero) is 1. The van der Waals surface area contributed by atoms with Crippen LogP contribution in [0, 0.1) is 0 Å². The van der Waals surface area contributed by atoms with Crippen molar-refractivity contribution in [2.24, 2.45) is 0 Å². The fraction of sp³-hybridized carbons (Fsp3) is 0.292.